The first kappa shape index (κ1) is 41.9. The molecule has 0 fully saturated rings. The number of fused-ring (bicyclic) bond motifs is 1. The molecule has 0 radical (unpaired) electrons. The van der Waals surface area contributed by atoms with Crippen LogP contribution >= 0.6 is 0 Å². The van der Waals surface area contributed by atoms with Crippen molar-refractivity contribution in [2.75, 3.05) is 9.80 Å². The highest BCUT2D eigenvalue weighted by molar-refractivity contribution is 6.08. The van der Waals surface area contributed by atoms with E-state index in [4.69, 9.17) is 0 Å². The summed E-state index contributed by atoms with van der Waals surface area (Å²) in [6.07, 6.45) is 4.52. The zero-order chi connectivity index (χ0) is 44.5. The Kier molecular flexibility index (Phi) is 11.6. The molecule has 0 aliphatic rings. The van der Waals surface area contributed by atoms with Gasteiger partial charge in [0.05, 0.1) is 0 Å². The van der Waals surface area contributed by atoms with E-state index in [2.05, 4.69) is 259 Å². The van der Waals surface area contributed by atoms with Crippen LogP contribution in [0.15, 0.2) is 182 Å². The van der Waals surface area contributed by atoms with Gasteiger partial charge >= 0.3 is 0 Å². The van der Waals surface area contributed by atoms with Crippen LogP contribution in [0, 0.1) is 55.4 Å². The van der Waals surface area contributed by atoms with Gasteiger partial charge in [-0.25, -0.2) is 0 Å². The van der Waals surface area contributed by atoms with Gasteiger partial charge in [-0.3, -0.25) is 0 Å². The first-order chi connectivity index (χ1) is 30.9. The number of anilines is 6. The summed E-state index contributed by atoms with van der Waals surface area (Å²) >= 11 is 0. The van der Waals surface area contributed by atoms with Crippen LogP contribution in [0.4, 0.5) is 34.1 Å². The molecule has 9 rings (SSSR count). The maximum Gasteiger partial charge on any atom is 0.0474 e. The van der Waals surface area contributed by atoms with Gasteiger partial charge in [0.2, 0.25) is 0 Å². The number of nitrogens with zero attached hydrogens (tertiary/aromatic N) is 2. The first-order valence-corrected chi connectivity index (χ1v) is 22.4. The Balaban J connectivity index is 1.19. The van der Waals surface area contributed by atoms with Crippen LogP contribution in [0.25, 0.3) is 45.2 Å². The molecule has 0 aliphatic heterocycles. The molecule has 0 bridgehead atoms. The summed E-state index contributed by atoms with van der Waals surface area (Å²) in [5.74, 6) is 0. The highest BCUT2D eigenvalue weighted by Gasteiger charge is 2.20. The number of aryl methyl sites for hydroxylation is 8. The van der Waals surface area contributed by atoms with Crippen LogP contribution < -0.4 is 9.80 Å². The van der Waals surface area contributed by atoms with E-state index >= 15 is 0 Å². The van der Waals surface area contributed by atoms with Gasteiger partial charge in [-0.1, -0.05) is 109 Å². The van der Waals surface area contributed by atoms with Crippen molar-refractivity contribution in [3.8, 4) is 22.3 Å². The molecule has 0 saturated carbocycles. The van der Waals surface area contributed by atoms with Crippen LogP contribution in [0.3, 0.4) is 0 Å². The van der Waals surface area contributed by atoms with E-state index in [9.17, 15) is 0 Å². The van der Waals surface area contributed by atoms with Crippen molar-refractivity contribution in [1.29, 1.82) is 0 Å². The predicted octanol–water partition coefficient (Wildman–Crippen LogP) is 17.8. The van der Waals surface area contributed by atoms with Gasteiger partial charge < -0.3 is 9.80 Å². The van der Waals surface area contributed by atoms with E-state index in [0.717, 1.165) is 33.9 Å². The molecular weight excluding hydrogens is 773 g/mol. The quantitative estimate of drug-likeness (QED) is 0.127. The molecule has 0 amide bonds. The van der Waals surface area contributed by atoms with Gasteiger partial charge in [0.15, 0.2) is 0 Å². The van der Waals surface area contributed by atoms with Crippen molar-refractivity contribution in [3.05, 3.63) is 238 Å². The average molecular weight is 829 g/mol. The Hall–Kier alpha value is -7.42. The van der Waals surface area contributed by atoms with Gasteiger partial charge in [0.25, 0.3) is 0 Å². The van der Waals surface area contributed by atoms with E-state index in [1.165, 1.54) is 88.9 Å². The van der Waals surface area contributed by atoms with E-state index in [-0.39, 0.29) is 0 Å². The molecule has 0 atom stereocenters. The Bertz CT molecular complexity index is 2990. The van der Waals surface area contributed by atoms with Crippen LogP contribution in [0.2, 0.25) is 0 Å². The third kappa shape index (κ3) is 9.05. The smallest absolute Gasteiger partial charge is 0.0474 e. The average Bonchev–Trinajstić information content (AvgIpc) is 3.25. The van der Waals surface area contributed by atoms with Gasteiger partial charge in [0.1, 0.15) is 0 Å². The standard InChI is InChI=1S/C62H56N2/c1-41-25-42(2)30-54(29-41)63(55-31-43(3)26-44(4)32-55)53-23-21-49(22-24-53)19-20-50-37-59(51-15-11-9-12-16-51)62-40-58(39-60(61(62)38-50)52-17-13-10-14-18-52)64(56-33-45(5)27-46(6)34-56)57-35-47(7)28-48(8)36-57/h9-40H,1-8H3. The molecule has 0 aliphatic carbocycles. The van der Waals surface area contributed by atoms with Gasteiger partial charge in [-0.05, 0) is 229 Å². The Morgan fingerprint density at radius 1 is 0.266 bits per heavy atom. The maximum absolute atomic E-state index is 2.44. The second-order valence-corrected chi connectivity index (χ2v) is 17.9. The zero-order valence-electron chi connectivity index (χ0n) is 38.4. The van der Waals surface area contributed by atoms with Crippen molar-refractivity contribution < 1.29 is 0 Å². The molecule has 0 spiro atoms. The number of hydrogen-bond donors (Lipinski definition) is 0. The minimum absolute atomic E-state index is 1.12. The third-order valence-corrected chi connectivity index (χ3v) is 12.0. The largest absolute Gasteiger partial charge is 0.310 e. The minimum Gasteiger partial charge on any atom is -0.310 e. The molecule has 0 N–H and O–H groups in total. The number of hydrogen-bond acceptors (Lipinski definition) is 2. The second kappa shape index (κ2) is 17.8. The third-order valence-electron chi connectivity index (χ3n) is 12.0. The molecule has 9 aromatic carbocycles. The van der Waals surface area contributed by atoms with Crippen LogP contribution in [0.5, 0.6) is 0 Å². The topological polar surface area (TPSA) is 6.48 Å². The summed E-state index contributed by atoms with van der Waals surface area (Å²) in [5.41, 5.74) is 23.9. The van der Waals surface area contributed by atoms with Gasteiger partial charge in [-0.2, -0.15) is 0 Å². The minimum atomic E-state index is 1.12. The Labute approximate surface area is 380 Å². The summed E-state index contributed by atoms with van der Waals surface area (Å²) in [5, 5.41) is 2.42. The van der Waals surface area contributed by atoms with Gasteiger partial charge in [0, 0.05) is 34.1 Å². The molecule has 2 nitrogen and oxygen atoms in total. The number of rotatable bonds is 10. The molecule has 2 heteroatoms. The fraction of sp³-hybridized carbons (Fsp3) is 0.129. The highest BCUT2D eigenvalue weighted by atomic mass is 15.1. The zero-order valence-corrected chi connectivity index (χ0v) is 38.4. The molecular formula is C62H56N2. The number of benzene rings is 9. The lowest BCUT2D eigenvalue weighted by atomic mass is 9.89. The monoisotopic (exact) mass is 828 g/mol. The SMILES string of the molecule is Cc1cc(C)cc(N(c2ccc(C=Cc3cc(-c4ccccc4)c4cc(N(c5cc(C)cc(C)c5)c5cc(C)cc(C)c5)cc(-c5ccccc5)c4c3)cc2)c2cc(C)cc(C)c2)c1. The molecule has 0 aromatic heterocycles. The fourth-order valence-electron chi connectivity index (χ4n) is 9.55. The van der Waals surface area contributed by atoms with Crippen LogP contribution in [-0.4, -0.2) is 0 Å². The fourth-order valence-corrected chi connectivity index (χ4v) is 9.55. The second-order valence-electron chi connectivity index (χ2n) is 17.9. The molecule has 0 unspecified atom stereocenters. The van der Waals surface area contributed by atoms with Crippen LogP contribution in [-0.2, 0) is 0 Å². The summed E-state index contributed by atoms with van der Waals surface area (Å²) in [4.78, 5) is 4.82. The lowest BCUT2D eigenvalue weighted by Crippen LogP contribution is -2.11. The molecule has 0 saturated heterocycles. The predicted molar refractivity (Wildman–Crippen MR) is 277 cm³/mol. The van der Waals surface area contributed by atoms with Crippen molar-refractivity contribution in [2.24, 2.45) is 0 Å². The summed E-state index contributed by atoms with van der Waals surface area (Å²) < 4.78 is 0. The van der Waals surface area contributed by atoms with E-state index in [0.29, 0.717) is 0 Å². The van der Waals surface area contributed by atoms with Crippen molar-refractivity contribution in [1.82, 2.24) is 0 Å². The van der Waals surface area contributed by atoms with Crippen molar-refractivity contribution in [3.63, 3.8) is 0 Å². The maximum atomic E-state index is 2.44. The molecule has 9 aromatic rings. The molecule has 0 heterocycles. The van der Waals surface area contributed by atoms with Crippen LogP contribution in [0.1, 0.15) is 55.6 Å². The molecule has 64 heavy (non-hydrogen) atoms. The lowest BCUT2D eigenvalue weighted by molar-refractivity contribution is 1.23. The van der Waals surface area contributed by atoms with E-state index < -0.39 is 0 Å². The highest BCUT2D eigenvalue weighted by Crippen LogP contribution is 2.44. The Morgan fingerprint density at radius 3 is 1.00 bits per heavy atom. The summed E-state index contributed by atoms with van der Waals surface area (Å²) in [7, 11) is 0. The van der Waals surface area contributed by atoms with Gasteiger partial charge in [-0.15, -0.1) is 0 Å². The van der Waals surface area contributed by atoms with Crippen molar-refractivity contribution >= 4 is 57.0 Å². The molecule has 314 valence electrons. The first-order valence-electron chi connectivity index (χ1n) is 22.4. The lowest BCUT2D eigenvalue weighted by Gasteiger charge is -2.28. The summed E-state index contributed by atoms with van der Waals surface area (Å²) in [6.45, 7) is 17.5. The normalized spacial score (nSPS) is 11.4. The Morgan fingerprint density at radius 2 is 0.594 bits per heavy atom. The van der Waals surface area contributed by atoms with E-state index in [1.807, 2.05) is 0 Å². The summed E-state index contributed by atoms with van der Waals surface area (Å²) in [6, 6.07) is 67.5. The van der Waals surface area contributed by atoms with E-state index in [1.54, 1.807) is 0 Å². The van der Waals surface area contributed by atoms with Crippen molar-refractivity contribution in [2.45, 2.75) is 55.4 Å².